The number of fused-ring (bicyclic) bond motifs is 1. The molecule has 2 atom stereocenters. The molecule has 0 spiro atoms. The van der Waals surface area contributed by atoms with Crippen LogP contribution in [0.25, 0.3) is 5.52 Å². The number of hydrogen-bond donors (Lipinski definition) is 1. The van der Waals surface area contributed by atoms with E-state index < -0.39 is 0 Å². The Morgan fingerprint density at radius 3 is 3.20 bits per heavy atom. The molecule has 0 saturated carbocycles. The van der Waals surface area contributed by atoms with Crippen LogP contribution in [0.1, 0.15) is 18.9 Å². The van der Waals surface area contributed by atoms with E-state index in [-0.39, 0.29) is 17.9 Å². The minimum atomic E-state index is -0.110. The van der Waals surface area contributed by atoms with Crippen LogP contribution in [0.5, 0.6) is 5.75 Å². The van der Waals surface area contributed by atoms with Crippen LogP contribution in [0.2, 0.25) is 0 Å². The highest BCUT2D eigenvalue weighted by Crippen LogP contribution is 2.26. The van der Waals surface area contributed by atoms with E-state index in [1.54, 1.807) is 10.7 Å². The van der Waals surface area contributed by atoms with Gasteiger partial charge < -0.3 is 10.1 Å². The zero-order valence-electron chi connectivity index (χ0n) is 11.0. The van der Waals surface area contributed by atoms with E-state index >= 15 is 0 Å². The SMILES string of the molecule is C[C@@H](Oc1cccn2ncc(C#N)c12)[C@H]1CNC(=O)C1. The van der Waals surface area contributed by atoms with Gasteiger partial charge in [-0.15, -0.1) is 0 Å². The number of nitrogens with one attached hydrogen (secondary N) is 1. The molecule has 0 radical (unpaired) electrons. The lowest BCUT2D eigenvalue weighted by Crippen LogP contribution is -2.25. The van der Waals surface area contributed by atoms with Gasteiger partial charge in [-0.1, -0.05) is 0 Å². The number of hydrogen-bond acceptors (Lipinski definition) is 4. The zero-order valence-corrected chi connectivity index (χ0v) is 11.0. The standard InChI is InChI=1S/C14H14N4O2/c1-9(10-5-13(19)16-7-10)20-12-3-2-4-18-14(12)11(6-15)8-17-18/h2-4,8-10H,5,7H2,1H3,(H,16,19)/t9-,10-/m1/s1. The molecule has 2 aromatic rings. The minimum Gasteiger partial charge on any atom is -0.488 e. The summed E-state index contributed by atoms with van der Waals surface area (Å²) in [4.78, 5) is 11.3. The van der Waals surface area contributed by atoms with Crippen LogP contribution in [-0.2, 0) is 4.79 Å². The van der Waals surface area contributed by atoms with Crippen molar-refractivity contribution in [1.82, 2.24) is 14.9 Å². The lowest BCUT2D eigenvalue weighted by atomic mass is 10.0. The molecule has 6 nitrogen and oxygen atoms in total. The number of carbonyl (C=O) groups excluding carboxylic acids is 1. The molecular weight excluding hydrogens is 256 g/mol. The molecule has 1 aliphatic rings. The molecule has 20 heavy (non-hydrogen) atoms. The summed E-state index contributed by atoms with van der Waals surface area (Å²) < 4.78 is 7.58. The lowest BCUT2D eigenvalue weighted by molar-refractivity contribution is -0.119. The second kappa shape index (κ2) is 4.85. The maximum Gasteiger partial charge on any atom is 0.220 e. The first-order chi connectivity index (χ1) is 9.69. The van der Waals surface area contributed by atoms with Crippen molar-refractivity contribution in [3.05, 3.63) is 30.1 Å². The number of aromatic nitrogens is 2. The number of amides is 1. The third kappa shape index (κ3) is 2.07. The molecule has 1 saturated heterocycles. The Labute approximate surface area is 116 Å². The molecule has 3 rings (SSSR count). The van der Waals surface area contributed by atoms with Gasteiger partial charge in [0.25, 0.3) is 0 Å². The van der Waals surface area contributed by atoms with Crippen LogP contribution in [-0.4, -0.2) is 28.2 Å². The highest BCUT2D eigenvalue weighted by atomic mass is 16.5. The van der Waals surface area contributed by atoms with Crippen molar-refractivity contribution in [2.45, 2.75) is 19.4 Å². The highest BCUT2D eigenvalue weighted by molar-refractivity contribution is 5.78. The Balaban J connectivity index is 1.89. The first-order valence-electron chi connectivity index (χ1n) is 6.49. The average Bonchev–Trinajstić information content (AvgIpc) is 3.05. The van der Waals surface area contributed by atoms with Gasteiger partial charge in [-0.05, 0) is 19.1 Å². The van der Waals surface area contributed by atoms with Crippen molar-refractivity contribution in [1.29, 1.82) is 5.26 Å². The number of rotatable bonds is 3. The summed E-state index contributed by atoms with van der Waals surface area (Å²) in [6.45, 7) is 2.57. The van der Waals surface area contributed by atoms with Crippen molar-refractivity contribution in [3.63, 3.8) is 0 Å². The summed E-state index contributed by atoms with van der Waals surface area (Å²) in [5, 5.41) is 16.0. The number of nitrogens with zero attached hydrogens (tertiary/aromatic N) is 3. The van der Waals surface area contributed by atoms with E-state index in [2.05, 4.69) is 16.5 Å². The van der Waals surface area contributed by atoms with Crippen molar-refractivity contribution in [2.24, 2.45) is 5.92 Å². The second-order valence-corrected chi connectivity index (χ2v) is 4.93. The van der Waals surface area contributed by atoms with Crippen LogP contribution in [0.3, 0.4) is 0 Å². The Bertz CT molecular complexity index is 701. The molecule has 0 unspecified atom stereocenters. The molecule has 1 N–H and O–H groups in total. The molecule has 0 aromatic carbocycles. The maximum absolute atomic E-state index is 11.3. The second-order valence-electron chi connectivity index (χ2n) is 4.93. The molecule has 1 aliphatic heterocycles. The predicted molar refractivity (Wildman–Crippen MR) is 71.1 cm³/mol. The molecule has 3 heterocycles. The van der Waals surface area contributed by atoms with Gasteiger partial charge in [0.2, 0.25) is 5.91 Å². The highest BCUT2D eigenvalue weighted by Gasteiger charge is 2.28. The average molecular weight is 270 g/mol. The van der Waals surface area contributed by atoms with Gasteiger partial charge in [-0.3, -0.25) is 4.79 Å². The fourth-order valence-electron chi connectivity index (χ4n) is 2.44. The topological polar surface area (TPSA) is 79.4 Å². The molecule has 0 bridgehead atoms. The van der Waals surface area contributed by atoms with Crippen LogP contribution >= 0.6 is 0 Å². The zero-order chi connectivity index (χ0) is 14.1. The minimum absolute atomic E-state index is 0.0609. The summed E-state index contributed by atoms with van der Waals surface area (Å²) in [5.41, 5.74) is 1.15. The summed E-state index contributed by atoms with van der Waals surface area (Å²) in [7, 11) is 0. The van der Waals surface area contributed by atoms with E-state index in [4.69, 9.17) is 10.00 Å². The number of nitriles is 1. The molecule has 6 heteroatoms. The summed E-state index contributed by atoms with van der Waals surface area (Å²) in [6.07, 6.45) is 3.66. The van der Waals surface area contributed by atoms with Crippen LogP contribution < -0.4 is 10.1 Å². The monoisotopic (exact) mass is 270 g/mol. The largest absolute Gasteiger partial charge is 0.488 e. The quantitative estimate of drug-likeness (QED) is 0.906. The molecule has 0 aliphatic carbocycles. The Kier molecular flexibility index (Phi) is 3.03. The molecule has 2 aromatic heterocycles. The normalized spacial score (nSPS) is 19.6. The number of ether oxygens (including phenoxy) is 1. The van der Waals surface area contributed by atoms with Crippen LogP contribution in [0.4, 0.5) is 0 Å². The van der Waals surface area contributed by atoms with Crippen LogP contribution in [0.15, 0.2) is 24.5 Å². The van der Waals surface area contributed by atoms with E-state index in [1.165, 1.54) is 6.20 Å². The lowest BCUT2D eigenvalue weighted by Gasteiger charge is -2.20. The summed E-state index contributed by atoms with van der Waals surface area (Å²) in [5.74, 6) is 0.829. The third-order valence-electron chi connectivity index (χ3n) is 3.61. The Morgan fingerprint density at radius 2 is 2.50 bits per heavy atom. The first kappa shape index (κ1) is 12.5. The van der Waals surface area contributed by atoms with Gasteiger partial charge in [0, 0.05) is 25.1 Å². The fraction of sp³-hybridized carbons (Fsp3) is 0.357. The molecule has 1 amide bonds. The Hall–Kier alpha value is -2.55. The van der Waals surface area contributed by atoms with Gasteiger partial charge >= 0.3 is 0 Å². The number of carbonyl (C=O) groups is 1. The van der Waals surface area contributed by atoms with E-state index in [0.717, 1.165) is 0 Å². The van der Waals surface area contributed by atoms with Gasteiger partial charge in [0.1, 0.15) is 29.0 Å². The molecule has 1 fully saturated rings. The van der Waals surface area contributed by atoms with Gasteiger partial charge in [0.15, 0.2) is 0 Å². The van der Waals surface area contributed by atoms with Crippen LogP contribution in [0, 0.1) is 17.2 Å². The van der Waals surface area contributed by atoms with Gasteiger partial charge in [-0.25, -0.2) is 4.52 Å². The van der Waals surface area contributed by atoms with Crippen molar-refractivity contribution < 1.29 is 9.53 Å². The van der Waals surface area contributed by atoms with E-state index in [0.29, 0.717) is 29.8 Å². The smallest absolute Gasteiger partial charge is 0.220 e. The van der Waals surface area contributed by atoms with Gasteiger partial charge in [0.05, 0.1) is 6.20 Å². The van der Waals surface area contributed by atoms with Crippen molar-refractivity contribution in [2.75, 3.05) is 6.54 Å². The fourth-order valence-corrected chi connectivity index (χ4v) is 2.44. The summed E-state index contributed by atoms with van der Waals surface area (Å²) >= 11 is 0. The first-order valence-corrected chi connectivity index (χ1v) is 6.49. The van der Waals surface area contributed by atoms with Crippen molar-refractivity contribution in [3.8, 4) is 11.8 Å². The van der Waals surface area contributed by atoms with Gasteiger partial charge in [-0.2, -0.15) is 10.4 Å². The maximum atomic E-state index is 11.3. The third-order valence-corrected chi connectivity index (χ3v) is 3.61. The summed E-state index contributed by atoms with van der Waals surface area (Å²) in [6, 6.07) is 5.75. The predicted octanol–water partition coefficient (Wildman–Crippen LogP) is 1.11. The van der Waals surface area contributed by atoms with Crippen molar-refractivity contribution >= 4 is 11.4 Å². The Morgan fingerprint density at radius 1 is 1.65 bits per heavy atom. The van der Waals surface area contributed by atoms with E-state index in [1.807, 2.05) is 19.1 Å². The number of pyridine rings is 1. The molecular formula is C14H14N4O2. The van der Waals surface area contributed by atoms with E-state index in [9.17, 15) is 4.79 Å². The molecule has 102 valence electrons.